The smallest absolute Gasteiger partial charge is 0.254 e. The highest BCUT2D eigenvalue weighted by atomic mass is 16.7. The Kier molecular flexibility index (Phi) is 3.29. The molecule has 3 rings (SSSR count). The monoisotopic (exact) mass is 263 g/mol. The molecule has 2 heterocycles. The fraction of sp³-hybridized carbons (Fsp3) is 0.500. The minimum atomic E-state index is 0.0266. The van der Waals surface area contributed by atoms with E-state index in [1.165, 1.54) is 0 Å². The fourth-order valence-electron chi connectivity index (χ4n) is 2.65. The quantitative estimate of drug-likeness (QED) is 0.892. The Balaban J connectivity index is 1.71. The predicted molar refractivity (Wildman–Crippen MR) is 68.3 cm³/mol. The maximum absolute atomic E-state index is 12.4. The highest BCUT2D eigenvalue weighted by molar-refractivity contribution is 5.95. The Labute approximate surface area is 111 Å². The molecule has 2 aliphatic rings. The number of amides is 1. The maximum Gasteiger partial charge on any atom is 0.254 e. The average Bonchev–Trinajstić information content (AvgIpc) is 3.05. The summed E-state index contributed by atoms with van der Waals surface area (Å²) in [5.41, 5.74) is 0.633. The SMILES string of the molecule is O=C(c1ccc2c(c1)OCO2)N1CCC(CCO)C1. The normalized spacial score (nSPS) is 20.9. The van der Waals surface area contributed by atoms with Crippen molar-refractivity contribution in [2.24, 2.45) is 5.92 Å². The second-order valence-electron chi connectivity index (χ2n) is 4.99. The van der Waals surface area contributed by atoms with Gasteiger partial charge in [0.05, 0.1) is 0 Å². The molecule has 5 heteroatoms. The summed E-state index contributed by atoms with van der Waals surface area (Å²) in [6.07, 6.45) is 1.74. The molecule has 1 fully saturated rings. The number of hydrogen-bond donors (Lipinski definition) is 1. The summed E-state index contributed by atoms with van der Waals surface area (Å²) in [4.78, 5) is 14.2. The van der Waals surface area contributed by atoms with Crippen molar-refractivity contribution in [1.82, 2.24) is 4.90 Å². The molecule has 0 bridgehead atoms. The van der Waals surface area contributed by atoms with Gasteiger partial charge in [0.15, 0.2) is 11.5 Å². The third kappa shape index (κ3) is 2.38. The van der Waals surface area contributed by atoms with Crippen LogP contribution in [-0.4, -0.2) is 42.4 Å². The van der Waals surface area contributed by atoms with Crippen molar-refractivity contribution < 1.29 is 19.4 Å². The maximum atomic E-state index is 12.4. The summed E-state index contributed by atoms with van der Waals surface area (Å²) < 4.78 is 10.5. The van der Waals surface area contributed by atoms with Gasteiger partial charge in [0.1, 0.15) is 0 Å². The van der Waals surface area contributed by atoms with Crippen molar-refractivity contribution in [3.05, 3.63) is 23.8 Å². The first-order valence-electron chi connectivity index (χ1n) is 6.57. The number of carbonyl (C=O) groups is 1. The van der Waals surface area contributed by atoms with Crippen molar-refractivity contribution in [1.29, 1.82) is 0 Å². The van der Waals surface area contributed by atoms with E-state index in [0.29, 0.717) is 23.0 Å². The van der Waals surface area contributed by atoms with Gasteiger partial charge in [-0.2, -0.15) is 0 Å². The van der Waals surface area contributed by atoms with E-state index in [1.807, 2.05) is 4.90 Å². The molecule has 19 heavy (non-hydrogen) atoms. The van der Waals surface area contributed by atoms with Gasteiger partial charge in [-0.25, -0.2) is 0 Å². The van der Waals surface area contributed by atoms with Crippen LogP contribution in [0.15, 0.2) is 18.2 Å². The molecule has 1 aromatic carbocycles. The molecule has 2 aliphatic heterocycles. The average molecular weight is 263 g/mol. The van der Waals surface area contributed by atoms with Crippen molar-refractivity contribution in [2.75, 3.05) is 26.5 Å². The van der Waals surface area contributed by atoms with Gasteiger partial charge < -0.3 is 19.5 Å². The van der Waals surface area contributed by atoms with E-state index in [-0.39, 0.29) is 19.3 Å². The number of aliphatic hydroxyl groups is 1. The number of rotatable bonds is 3. The lowest BCUT2D eigenvalue weighted by Crippen LogP contribution is -2.28. The summed E-state index contributed by atoms with van der Waals surface area (Å²) in [6.45, 7) is 1.90. The van der Waals surface area contributed by atoms with E-state index in [2.05, 4.69) is 0 Å². The lowest BCUT2D eigenvalue weighted by molar-refractivity contribution is 0.0784. The Bertz CT molecular complexity index is 488. The molecule has 5 nitrogen and oxygen atoms in total. The third-order valence-electron chi connectivity index (χ3n) is 3.73. The molecule has 0 saturated carbocycles. The molecular weight excluding hydrogens is 246 g/mol. The minimum Gasteiger partial charge on any atom is -0.454 e. The molecule has 0 radical (unpaired) electrons. The van der Waals surface area contributed by atoms with E-state index in [0.717, 1.165) is 25.9 Å². The van der Waals surface area contributed by atoms with Gasteiger partial charge in [0.2, 0.25) is 6.79 Å². The van der Waals surface area contributed by atoms with Crippen molar-refractivity contribution in [3.8, 4) is 11.5 Å². The lowest BCUT2D eigenvalue weighted by atomic mass is 10.1. The zero-order valence-corrected chi connectivity index (χ0v) is 10.7. The van der Waals surface area contributed by atoms with Gasteiger partial charge in [-0.05, 0) is 37.0 Å². The van der Waals surface area contributed by atoms with E-state index < -0.39 is 0 Å². The van der Waals surface area contributed by atoms with Crippen molar-refractivity contribution >= 4 is 5.91 Å². The molecule has 1 N–H and O–H groups in total. The zero-order chi connectivity index (χ0) is 13.2. The zero-order valence-electron chi connectivity index (χ0n) is 10.7. The number of nitrogens with zero attached hydrogens (tertiary/aromatic N) is 1. The summed E-state index contributed by atoms with van der Waals surface area (Å²) in [6, 6.07) is 5.29. The van der Waals surface area contributed by atoms with Crippen LogP contribution in [0.25, 0.3) is 0 Å². The highest BCUT2D eigenvalue weighted by Gasteiger charge is 2.27. The van der Waals surface area contributed by atoms with Gasteiger partial charge in [0.25, 0.3) is 5.91 Å². The number of ether oxygens (including phenoxy) is 2. The molecular formula is C14H17NO4. The van der Waals surface area contributed by atoms with E-state index in [9.17, 15) is 4.79 Å². The van der Waals surface area contributed by atoms with Crippen LogP contribution in [0.3, 0.4) is 0 Å². The molecule has 1 unspecified atom stereocenters. The van der Waals surface area contributed by atoms with Gasteiger partial charge >= 0.3 is 0 Å². The first-order valence-corrected chi connectivity index (χ1v) is 6.57. The molecule has 0 spiro atoms. The number of benzene rings is 1. The second-order valence-corrected chi connectivity index (χ2v) is 4.99. The molecule has 1 atom stereocenters. The lowest BCUT2D eigenvalue weighted by Gasteiger charge is -2.16. The predicted octanol–water partition coefficient (Wildman–Crippen LogP) is 1.26. The van der Waals surface area contributed by atoms with E-state index >= 15 is 0 Å². The molecule has 1 saturated heterocycles. The third-order valence-corrected chi connectivity index (χ3v) is 3.73. The molecule has 102 valence electrons. The number of hydrogen-bond acceptors (Lipinski definition) is 4. The second kappa shape index (κ2) is 5.09. The molecule has 0 aliphatic carbocycles. The summed E-state index contributed by atoms with van der Waals surface area (Å²) >= 11 is 0. The van der Waals surface area contributed by atoms with Crippen molar-refractivity contribution in [2.45, 2.75) is 12.8 Å². The van der Waals surface area contributed by atoms with Crippen LogP contribution in [0.2, 0.25) is 0 Å². The highest BCUT2D eigenvalue weighted by Crippen LogP contribution is 2.33. The van der Waals surface area contributed by atoms with Gasteiger partial charge in [-0.15, -0.1) is 0 Å². The number of fused-ring (bicyclic) bond motifs is 1. The first kappa shape index (κ1) is 12.3. The van der Waals surface area contributed by atoms with Crippen LogP contribution < -0.4 is 9.47 Å². The van der Waals surface area contributed by atoms with Gasteiger partial charge in [-0.3, -0.25) is 4.79 Å². The minimum absolute atomic E-state index is 0.0266. The fourth-order valence-corrected chi connectivity index (χ4v) is 2.65. The van der Waals surface area contributed by atoms with Gasteiger partial charge in [-0.1, -0.05) is 0 Å². The van der Waals surface area contributed by atoms with Crippen LogP contribution in [0.1, 0.15) is 23.2 Å². The van der Waals surface area contributed by atoms with Crippen LogP contribution in [-0.2, 0) is 0 Å². The molecule has 1 amide bonds. The van der Waals surface area contributed by atoms with Crippen molar-refractivity contribution in [3.63, 3.8) is 0 Å². The first-order chi connectivity index (χ1) is 9.28. The molecule has 1 aromatic rings. The summed E-state index contributed by atoms with van der Waals surface area (Å²) in [5.74, 6) is 1.77. The Hall–Kier alpha value is -1.75. The van der Waals surface area contributed by atoms with Crippen LogP contribution >= 0.6 is 0 Å². The van der Waals surface area contributed by atoms with E-state index in [1.54, 1.807) is 18.2 Å². The van der Waals surface area contributed by atoms with Crippen LogP contribution in [0.5, 0.6) is 11.5 Å². The standard InChI is InChI=1S/C14H17NO4/c16-6-4-10-3-5-15(8-10)14(17)11-1-2-12-13(7-11)19-9-18-12/h1-2,7,10,16H,3-6,8-9H2. The van der Waals surface area contributed by atoms with Crippen LogP contribution in [0, 0.1) is 5.92 Å². The summed E-state index contributed by atoms with van der Waals surface area (Å²) in [7, 11) is 0. The largest absolute Gasteiger partial charge is 0.454 e. The Morgan fingerprint density at radius 3 is 3.05 bits per heavy atom. The topological polar surface area (TPSA) is 59.0 Å². The van der Waals surface area contributed by atoms with E-state index in [4.69, 9.17) is 14.6 Å². The molecule has 0 aromatic heterocycles. The Morgan fingerprint density at radius 2 is 2.21 bits per heavy atom. The summed E-state index contributed by atoms with van der Waals surface area (Å²) in [5, 5.41) is 8.94. The number of aliphatic hydroxyl groups excluding tert-OH is 1. The Morgan fingerprint density at radius 1 is 1.37 bits per heavy atom. The number of carbonyl (C=O) groups excluding carboxylic acids is 1. The van der Waals surface area contributed by atoms with Gasteiger partial charge in [0, 0.05) is 25.3 Å². The number of likely N-dealkylation sites (tertiary alicyclic amines) is 1. The van der Waals surface area contributed by atoms with Crippen LogP contribution in [0.4, 0.5) is 0 Å².